The molecule has 0 aromatic heterocycles. The summed E-state index contributed by atoms with van der Waals surface area (Å²) in [7, 11) is 0. The molecule has 0 saturated carbocycles. The van der Waals surface area contributed by atoms with Gasteiger partial charge in [-0.2, -0.15) is 5.26 Å². The van der Waals surface area contributed by atoms with Crippen molar-refractivity contribution in [3.63, 3.8) is 0 Å². The molecule has 0 aliphatic rings. The first kappa shape index (κ1) is 29.1. The van der Waals surface area contributed by atoms with Crippen LogP contribution in [-0.2, 0) is 0 Å². The number of nitrogens with zero attached hydrogens (tertiary/aromatic N) is 7. The van der Waals surface area contributed by atoms with Crippen LogP contribution in [0.1, 0.15) is 0 Å². The van der Waals surface area contributed by atoms with Crippen LogP contribution < -0.4 is 15.5 Å². The first-order chi connectivity index (χ1) is 17.0. The highest BCUT2D eigenvalue weighted by atomic mass is 16.3. The van der Waals surface area contributed by atoms with Crippen LogP contribution in [-0.4, -0.2) is 79.1 Å². The SMILES string of the molecule is N#CN=Nc1ccc(N(CCO)CCO)cc1.NC(=O)N=Nc1ccc(N(CCO)CCO)cc1. The Balaban J connectivity index is 0.000000351. The molecule has 2 aromatic rings. The zero-order valence-electron chi connectivity index (χ0n) is 19.2. The van der Waals surface area contributed by atoms with Gasteiger partial charge in [0.05, 0.1) is 37.8 Å². The van der Waals surface area contributed by atoms with E-state index in [9.17, 15) is 4.79 Å². The number of amides is 2. The molecule has 0 aliphatic carbocycles. The lowest BCUT2D eigenvalue weighted by Crippen LogP contribution is -2.29. The van der Waals surface area contributed by atoms with Gasteiger partial charge in [0.2, 0.25) is 6.19 Å². The average Bonchev–Trinajstić information content (AvgIpc) is 2.87. The van der Waals surface area contributed by atoms with E-state index in [0.717, 1.165) is 11.4 Å². The summed E-state index contributed by atoms with van der Waals surface area (Å²) < 4.78 is 0. The Morgan fingerprint density at radius 1 is 0.743 bits per heavy atom. The number of azo groups is 2. The second-order valence-electron chi connectivity index (χ2n) is 6.74. The summed E-state index contributed by atoms with van der Waals surface area (Å²) in [5.74, 6) is 0. The molecule has 0 fully saturated rings. The minimum atomic E-state index is -0.846. The van der Waals surface area contributed by atoms with Crippen LogP contribution in [0.25, 0.3) is 0 Å². The van der Waals surface area contributed by atoms with Crippen molar-refractivity contribution in [2.75, 3.05) is 62.4 Å². The van der Waals surface area contributed by atoms with Crippen LogP contribution in [0, 0.1) is 11.5 Å². The number of urea groups is 1. The number of carbonyl (C=O) groups is 1. The van der Waals surface area contributed by atoms with Crippen molar-refractivity contribution in [3.8, 4) is 6.19 Å². The Morgan fingerprint density at radius 2 is 1.11 bits per heavy atom. The highest BCUT2D eigenvalue weighted by Gasteiger charge is 2.06. The molecule has 13 nitrogen and oxygen atoms in total. The molecule has 0 atom stereocenters. The summed E-state index contributed by atoms with van der Waals surface area (Å²) in [6.45, 7) is 1.84. The number of anilines is 2. The van der Waals surface area contributed by atoms with Gasteiger partial charge in [0.25, 0.3) is 0 Å². The van der Waals surface area contributed by atoms with Gasteiger partial charge in [-0.3, -0.25) is 0 Å². The van der Waals surface area contributed by atoms with Crippen molar-refractivity contribution < 1.29 is 25.2 Å². The highest BCUT2D eigenvalue weighted by Crippen LogP contribution is 2.20. The van der Waals surface area contributed by atoms with Crippen LogP contribution in [0.5, 0.6) is 0 Å². The monoisotopic (exact) mass is 486 g/mol. The maximum atomic E-state index is 10.4. The van der Waals surface area contributed by atoms with Crippen LogP contribution in [0.2, 0.25) is 0 Å². The quantitative estimate of drug-likeness (QED) is 0.220. The molecule has 0 unspecified atom stereocenters. The fourth-order valence-corrected chi connectivity index (χ4v) is 2.87. The molecule has 2 aromatic carbocycles. The van der Waals surface area contributed by atoms with E-state index >= 15 is 0 Å². The number of benzene rings is 2. The molecule has 0 bridgehead atoms. The predicted octanol–water partition coefficient (Wildman–Crippen LogP) is 1.68. The molecule has 0 radical (unpaired) electrons. The molecule has 0 spiro atoms. The maximum absolute atomic E-state index is 10.4. The second kappa shape index (κ2) is 17.5. The van der Waals surface area contributed by atoms with E-state index in [0.29, 0.717) is 37.6 Å². The van der Waals surface area contributed by atoms with Crippen molar-refractivity contribution >= 4 is 28.8 Å². The number of rotatable bonds is 12. The smallest absolute Gasteiger partial charge is 0.356 e. The highest BCUT2D eigenvalue weighted by molar-refractivity contribution is 5.72. The third-order valence-corrected chi connectivity index (χ3v) is 4.38. The van der Waals surface area contributed by atoms with E-state index < -0.39 is 6.03 Å². The summed E-state index contributed by atoms with van der Waals surface area (Å²) in [5, 5.41) is 57.6. The molecule has 35 heavy (non-hydrogen) atoms. The minimum Gasteiger partial charge on any atom is -0.395 e. The molecule has 0 aliphatic heterocycles. The van der Waals surface area contributed by atoms with Gasteiger partial charge < -0.3 is 36.0 Å². The van der Waals surface area contributed by atoms with Gasteiger partial charge >= 0.3 is 6.03 Å². The van der Waals surface area contributed by atoms with Crippen LogP contribution in [0.15, 0.2) is 69.0 Å². The second-order valence-corrected chi connectivity index (χ2v) is 6.74. The zero-order valence-corrected chi connectivity index (χ0v) is 19.2. The Kier molecular flexibility index (Phi) is 14.5. The van der Waals surface area contributed by atoms with E-state index in [1.807, 2.05) is 9.80 Å². The Bertz CT molecular complexity index is 949. The van der Waals surface area contributed by atoms with Gasteiger partial charge in [0.15, 0.2) is 0 Å². The lowest BCUT2D eigenvalue weighted by molar-refractivity contribution is 0.255. The zero-order chi connectivity index (χ0) is 25.9. The first-order valence-electron chi connectivity index (χ1n) is 10.6. The number of primary amides is 1. The van der Waals surface area contributed by atoms with Crippen LogP contribution in [0.4, 0.5) is 27.5 Å². The molecule has 2 amide bonds. The van der Waals surface area contributed by atoms with E-state index in [1.54, 1.807) is 54.7 Å². The molecule has 6 N–H and O–H groups in total. The summed E-state index contributed by atoms with van der Waals surface area (Å²) in [4.78, 5) is 14.1. The van der Waals surface area contributed by atoms with Crippen molar-refractivity contribution in [1.82, 2.24) is 0 Å². The van der Waals surface area contributed by atoms with Crippen molar-refractivity contribution in [2.45, 2.75) is 0 Å². The van der Waals surface area contributed by atoms with Gasteiger partial charge in [-0.15, -0.1) is 10.2 Å². The number of aliphatic hydroxyl groups is 4. The van der Waals surface area contributed by atoms with Gasteiger partial charge in [-0.25, -0.2) is 4.79 Å². The standard InChI is InChI=1S/C11H16N4O3.C11H14N4O2/c12-11(18)14-13-9-1-3-10(4-2-9)15(5-7-16)6-8-17;12-9-13-14-10-1-3-11(4-2-10)15(5-7-16)6-8-17/h1-4,16-17H,5-8H2,(H2,12,18);1-4,16-17H,5-8H2. The van der Waals surface area contributed by atoms with Gasteiger partial charge in [0, 0.05) is 37.6 Å². The van der Waals surface area contributed by atoms with Crippen LogP contribution >= 0.6 is 0 Å². The van der Waals surface area contributed by atoms with E-state index in [-0.39, 0.29) is 26.4 Å². The summed E-state index contributed by atoms with van der Waals surface area (Å²) in [6, 6.07) is 13.1. The summed E-state index contributed by atoms with van der Waals surface area (Å²) in [5.41, 5.74) is 7.65. The maximum Gasteiger partial charge on any atom is 0.356 e. The summed E-state index contributed by atoms with van der Waals surface area (Å²) in [6.07, 6.45) is 1.58. The number of carbonyl (C=O) groups excluding carboxylic acids is 1. The average molecular weight is 487 g/mol. The molecule has 2 rings (SSSR count). The fraction of sp³-hybridized carbons (Fsp3) is 0.364. The van der Waals surface area contributed by atoms with Crippen molar-refractivity contribution in [1.29, 1.82) is 5.26 Å². The molecular weight excluding hydrogens is 456 g/mol. The van der Waals surface area contributed by atoms with E-state index in [4.69, 9.17) is 31.4 Å². The number of nitrogens with two attached hydrogens (primary N) is 1. The van der Waals surface area contributed by atoms with Crippen molar-refractivity contribution in [2.24, 2.45) is 26.2 Å². The number of hydrogen-bond donors (Lipinski definition) is 5. The molecule has 188 valence electrons. The lowest BCUT2D eigenvalue weighted by atomic mass is 10.2. The largest absolute Gasteiger partial charge is 0.395 e. The number of aliphatic hydroxyl groups excluding tert-OH is 4. The van der Waals surface area contributed by atoms with Crippen molar-refractivity contribution in [3.05, 3.63) is 48.5 Å². The topological polar surface area (TPSA) is 204 Å². The van der Waals surface area contributed by atoms with E-state index in [1.165, 1.54) is 0 Å². The Labute approximate surface area is 203 Å². The van der Waals surface area contributed by atoms with Gasteiger partial charge in [0.1, 0.15) is 0 Å². The van der Waals surface area contributed by atoms with E-state index in [2.05, 4.69) is 20.5 Å². The normalized spacial score (nSPS) is 10.6. The lowest BCUT2D eigenvalue weighted by Gasteiger charge is -2.22. The number of hydrogen-bond acceptors (Lipinski definition) is 11. The molecule has 0 saturated heterocycles. The fourth-order valence-electron chi connectivity index (χ4n) is 2.87. The summed E-state index contributed by atoms with van der Waals surface area (Å²) >= 11 is 0. The van der Waals surface area contributed by atoms with Gasteiger partial charge in [-0.05, 0) is 48.5 Å². The van der Waals surface area contributed by atoms with Crippen LogP contribution in [0.3, 0.4) is 0 Å². The molecular formula is C22H30N8O5. The molecule has 0 heterocycles. The first-order valence-corrected chi connectivity index (χ1v) is 10.6. The van der Waals surface area contributed by atoms with Gasteiger partial charge in [-0.1, -0.05) is 10.2 Å². The Hall–Kier alpha value is -3.96. The molecule has 13 heteroatoms. The minimum absolute atomic E-state index is 0.00311. The predicted molar refractivity (Wildman–Crippen MR) is 130 cm³/mol. The Morgan fingerprint density at radius 3 is 1.43 bits per heavy atom. The third-order valence-electron chi connectivity index (χ3n) is 4.38. The third kappa shape index (κ3) is 11.6. The number of nitriles is 1.